The molecule has 0 fully saturated rings. The average molecular weight is 536 g/mol. The van der Waals surface area contributed by atoms with Crippen LogP contribution in [0.2, 0.25) is 0 Å². The van der Waals surface area contributed by atoms with Crippen LogP contribution in [0.3, 0.4) is 0 Å². The zero-order chi connectivity index (χ0) is 26.6. The SMILES string of the molecule is CC(C)c1ncc(-c2ccc(F)cc2)n1-c1cc(OS(C)(=O)=O)c2nc(N)n(S(=O)(=O)C(C)C)c2c1. The van der Waals surface area contributed by atoms with E-state index in [0.29, 0.717) is 22.8 Å². The molecule has 0 aliphatic heterocycles. The minimum Gasteiger partial charge on any atom is -0.380 e. The molecule has 13 heteroatoms. The zero-order valence-corrected chi connectivity index (χ0v) is 21.9. The first-order valence-electron chi connectivity index (χ1n) is 11.0. The van der Waals surface area contributed by atoms with Crippen LogP contribution in [0.1, 0.15) is 39.4 Å². The Balaban J connectivity index is 2.12. The number of rotatable bonds is 7. The number of nitrogens with two attached hydrogens (primary N) is 1. The molecule has 2 N–H and O–H groups in total. The summed E-state index contributed by atoms with van der Waals surface area (Å²) in [5.74, 6) is -0.406. The van der Waals surface area contributed by atoms with Crippen LogP contribution in [0.15, 0.2) is 42.6 Å². The van der Waals surface area contributed by atoms with E-state index in [1.165, 1.54) is 38.1 Å². The van der Waals surface area contributed by atoms with E-state index in [4.69, 9.17) is 9.92 Å². The third-order valence-corrected chi connectivity index (χ3v) is 8.05. The molecule has 0 radical (unpaired) electrons. The Morgan fingerprint density at radius 1 is 1.03 bits per heavy atom. The van der Waals surface area contributed by atoms with Gasteiger partial charge in [-0.15, -0.1) is 0 Å². The second-order valence-corrected chi connectivity index (χ2v) is 12.8. The van der Waals surface area contributed by atoms with Crippen LogP contribution in [0.25, 0.3) is 28.0 Å². The van der Waals surface area contributed by atoms with Crippen molar-refractivity contribution in [3.05, 3.63) is 54.2 Å². The van der Waals surface area contributed by atoms with Crippen LogP contribution in [-0.4, -0.2) is 46.8 Å². The van der Waals surface area contributed by atoms with E-state index in [1.807, 2.05) is 13.8 Å². The van der Waals surface area contributed by atoms with Crippen molar-refractivity contribution >= 4 is 37.1 Å². The number of benzene rings is 2. The molecule has 4 rings (SSSR count). The first-order valence-corrected chi connectivity index (χ1v) is 14.3. The van der Waals surface area contributed by atoms with Gasteiger partial charge >= 0.3 is 10.1 Å². The van der Waals surface area contributed by atoms with E-state index in [1.54, 1.807) is 22.9 Å². The van der Waals surface area contributed by atoms with Gasteiger partial charge < -0.3 is 9.92 Å². The molecule has 2 aromatic heterocycles. The van der Waals surface area contributed by atoms with Crippen molar-refractivity contribution in [3.63, 3.8) is 0 Å². The van der Waals surface area contributed by atoms with Crippen LogP contribution in [0, 0.1) is 5.82 Å². The lowest BCUT2D eigenvalue weighted by atomic mass is 10.1. The molecule has 0 aliphatic carbocycles. The number of nitrogen functional groups attached to an aromatic ring is 1. The predicted octanol–water partition coefficient (Wildman–Crippen LogP) is 3.66. The van der Waals surface area contributed by atoms with Gasteiger partial charge in [0.25, 0.3) is 0 Å². The Morgan fingerprint density at radius 2 is 1.67 bits per heavy atom. The normalized spacial score (nSPS) is 12.7. The Kier molecular flexibility index (Phi) is 6.33. The Bertz CT molecular complexity index is 1670. The highest BCUT2D eigenvalue weighted by Crippen LogP contribution is 2.36. The van der Waals surface area contributed by atoms with Gasteiger partial charge in [-0.3, -0.25) is 4.57 Å². The summed E-state index contributed by atoms with van der Waals surface area (Å²) in [5.41, 5.74) is 7.61. The van der Waals surface area contributed by atoms with Crippen LogP contribution in [0.5, 0.6) is 5.75 Å². The third kappa shape index (κ3) is 4.55. The summed E-state index contributed by atoms with van der Waals surface area (Å²) >= 11 is 0. The number of hydrogen-bond acceptors (Lipinski definition) is 8. The molecule has 2 aromatic carbocycles. The monoisotopic (exact) mass is 535 g/mol. The van der Waals surface area contributed by atoms with Gasteiger partial charge in [-0.2, -0.15) is 8.42 Å². The lowest BCUT2D eigenvalue weighted by Gasteiger charge is -2.17. The molecule has 10 nitrogen and oxygen atoms in total. The summed E-state index contributed by atoms with van der Waals surface area (Å²) in [5, 5.41) is -0.839. The maximum Gasteiger partial charge on any atom is 0.306 e. The fourth-order valence-corrected chi connectivity index (χ4v) is 5.42. The number of halogens is 1. The lowest BCUT2D eigenvalue weighted by Crippen LogP contribution is -2.23. The van der Waals surface area contributed by atoms with Gasteiger partial charge in [-0.1, -0.05) is 13.8 Å². The van der Waals surface area contributed by atoms with E-state index < -0.39 is 31.2 Å². The molecule has 192 valence electrons. The average Bonchev–Trinajstić information content (AvgIpc) is 3.34. The van der Waals surface area contributed by atoms with Gasteiger partial charge in [-0.05, 0) is 44.2 Å². The number of imidazole rings is 2. The molecular weight excluding hydrogens is 509 g/mol. The van der Waals surface area contributed by atoms with Crippen molar-refractivity contribution in [1.82, 2.24) is 18.5 Å². The maximum absolute atomic E-state index is 13.6. The topological polar surface area (TPSA) is 139 Å². The summed E-state index contributed by atoms with van der Waals surface area (Å²) in [6.45, 7) is 6.84. The minimum absolute atomic E-state index is 0.0274. The molecular formula is C23H26FN5O5S2. The van der Waals surface area contributed by atoms with Crippen LogP contribution < -0.4 is 9.92 Å². The fourth-order valence-electron chi connectivity index (χ4n) is 3.83. The molecule has 0 saturated heterocycles. The molecule has 0 spiro atoms. The number of anilines is 1. The van der Waals surface area contributed by atoms with Gasteiger partial charge in [0, 0.05) is 17.5 Å². The summed E-state index contributed by atoms with van der Waals surface area (Å²) in [4.78, 5) is 8.65. The van der Waals surface area contributed by atoms with Crippen LogP contribution in [0.4, 0.5) is 10.3 Å². The first-order chi connectivity index (χ1) is 16.7. The highest BCUT2D eigenvalue weighted by atomic mass is 32.2. The highest BCUT2D eigenvalue weighted by molar-refractivity contribution is 7.90. The summed E-state index contributed by atoms with van der Waals surface area (Å²) in [6.07, 6.45) is 2.48. The predicted molar refractivity (Wildman–Crippen MR) is 136 cm³/mol. The number of aromatic nitrogens is 4. The third-order valence-electron chi connectivity index (χ3n) is 5.49. The number of nitrogens with zero attached hydrogens (tertiary/aromatic N) is 4. The van der Waals surface area contributed by atoms with Gasteiger partial charge in [0.2, 0.25) is 16.0 Å². The second-order valence-electron chi connectivity index (χ2n) is 8.93. The van der Waals surface area contributed by atoms with E-state index in [9.17, 15) is 21.2 Å². The Morgan fingerprint density at radius 3 is 2.22 bits per heavy atom. The van der Waals surface area contributed by atoms with E-state index in [-0.39, 0.29) is 28.6 Å². The summed E-state index contributed by atoms with van der Waals surface area (Å²) < 4.78 is 71.9. The minimum atomic E-state index is -4.01. The standard InChI is InChI=1S/C23H26FN5O5S2/c1-13(2)22-26-12-19(15-6-8-16(24)9-7-15)28(22)17-10-18-21(20(11-17)34-35(5,30)31)27-23(25)29(18)36(32,33)14(3)4/h6-14H,1-5H3,(H2,25,27). The number of fused-ring (bicyclic) bond motifs is 1. The van der Waals surface area contributed by atoms with Crippen molar-refractivity contribution in [2.75, 3.05) is 12.0 Å². The van der Waals surface area contributed by atoms with Gasteiger partial charge in [0.1, 0.15) is 17.2 Å². The van der Waals surface area contributed by atoms with Gasteiger partial charge in [0.05, 0.1) is 34.6 Å². The molecule has 0 aliphatic rings. The quantitative estimate of drug-likeness (QED) is 0.354. The van der Waals surface area contributed by atoms with Crippen molar-refractivity contribution in [3.8, 4) is 22.7 Å². The lowest BCUT2D eigenvalue weighted by molar-refractivity contribution is 0.495. The molecule has 0 amide bonds. The van der Waals surface area contributed by atoms with E-state index in [0.717, 1.165) is 10.2 Å². The maximum atomic E-state index is 13.6. The molecule has 0 saturated carbocycles. The smallest absolute Gasteiger partial charge is 0.306 e. The van der Waals surface area contributed by atoms with Gasteiger partial charge in [-0.25, -0.2) is 26.7 Å². The summed E-state index contributed by atoms with van der Waals surface area (Å²) in [7, 11) is -7.98. The fraction of sp³-hybridized carbons (Fsp3) is 0.304. The molecule has 36 heavy (non-hydrogen) atoms. The highest BCUT2D eigenvalue weighted by Gasteiger charge is 2.28. The first kappa shape index (κ1) is 25.6. The van der Waals surface area contributed by atoms with Crippen molar-refractivity contribution in [2.45, 2.75) is 38.9 Å². The summed E-state index contributed by atoms with van der Waals surface area (Å²) in [6, 6.07) is 8.77. The largest absolute Gasteiger partial charge is 0.380 e. The molecule has 4 aromatic rings. The van der Waals surface area contributed by atoms with Gasteiger partial charge in [0.15, 0.2) is 5.75 Å². The second kappa shape index (κ2) is 8.89. The molecule has 0 bridgehead atoms. The van der Waals surface area contributed by atoms with Crippen molar-refractivity contribution in [2.24, 2.45) is 0 Å². The molecule has 0 atom stereocenters. The number of hydrogen-bond donors (Lipinski definition) is 1. The Labute approximate surface area is 208 Å². The van der Waals surface area contributed by atoms with Crippen LogP contribution >= 0.6 is 0 Å². The van der Waals surface area contributed by atoms with E-state index in [2.05, 4.69) is 9.97 Å². The van der Waals surface area contributed by atoms with E-state index >= 15 is 0 Å². The van der Waals surface area contributed by atoms with Crippen molar-refractivity contribution in [1.29, 1.82) is 0 Å². The zero-order valence-electron chi connectivity index (χ0n) is 20.3. The molecule has 2 heterocycles. The Hall–Kier alpha value is -3.45. The van der Waals surface area contributed by atoms with Crippen molar-refractivity contribution < 1.29 is 25.4 Å². The molecule has 0 unspecified atom stereocenters. The van der Waals surface area contributed by atoms with Crippen LogP contribution in [-0.2, 0) is 20.1 Å².